The number of hydrogen-bond donors (Lipinski definition) is 1. The molecule has 0 spiro atoms. The molecule has 0 amide bonds. The summed E-state index contributed by atoms with van der Waals surface area (Å²) in [4.78, 5) is 0. The molecule has 30 heavy (non-hydrogen) atoms. The molecule has 0 aliphatic heterocycles. The third-order valence-corrected chi connectivity index (χ3v) is 6.10. The van der Waals surface area contributed by atoms with Gasteiger partial charge in [0.2, 0.25) is 0 Å². The summed E-state index contributed by atoms with van der Waals surface area (Å²) in [6.07, 6.45) is 0.859. The average molecular weight is 441 g/mol. The van der Waals surface area contributed by atoms with Gasteiger partial charge in [-0.25, -0.2) is 4.39 Å². The quantitative estimate of drug-likeness (QED) is 0.313. The highest BCUT2D eigenvalue weighted by Crippen LogP contribution is 2.29. The van der Waals surface area contributed by atoms with Gasteiger partial charge in [-0.1, -0.05) is 59.6 Å². The van der Waals surface area contributed by atoms with Crippen molar-refractivity contribution >= 4 is 34.1 Å². The highest BCUT2D eigenvalue weighted by Gasteiger charge is 2.14. The highest BCUT2D eigenvalue weighted by molar-refractivity contribution is 6.35. The summed E-state index contributed by atoms with van der Waals surface area (Å²) in [6, 6.07) is 20.8. The Morgan fingerprint density at radius 3 is 2.50 bits per heavy atom. The average Bonchev–Trinajstić information content (AvgIpc) is 3.00. The Bertz CT molecular complexity index is 1170. The van der Waals surface area contributed by atoms with E-state index in [1.165, 1.54) is 34.3 Å². The van der Waals surface area contributed by atoms with Gasteiger partial charge < -0.3 is 9.88 Å². The van der Waals surface area contributed by atoms with Gasteiger partial charge in [-0.15, -0.1) is 0 Å². The maximum absolute atomic E-state index is 13.1. The molecule has 0 fully saturated rings. The SMILES string of the molecule is Cc1c(CNCCc2ccc(F)cc2)c2ccccc2n1Cc1ccc(Cl)cc1Cl. The van der Waals surface area contributed by atoms with Crippen molar-refractivity contribution in [2.75, 3.05) is 6.54 Å². The first-order valence-electron chi connectivity index (χ1n) is 9.98. The Hall–Kier alpha value is -2.33. The van der Waals surface area contributed by atoms with E-state index >= 15 is 0 Å². The van der Waals surface area contributed by atoms with Crippen LogP contribution in [0.1, 0.15) is 22.4 Å². The lowest BCUT2D eigenvalue weighted by Gasteiger charge is -2.11. The van der Waals surface area contributed by atoms with Gasteiger partial charge in [0, 0.05) is 39.7 Å². The van der Waals surface area contributed by atoms with E-state index in [-0.39, 0.29) is 5.82 Å². The molecule has 0 saturated heterocycles. The van der Waals surface area contributed by atoms with Crippen LogP contribution in [0.15, 0.2) is 66.7 Å². The summed E-state index contributed by atoms with van der Waals surface area (Å²) < 4.78 is 15.4. The van der Waals surface area contributed by atoms with Gasteiger partial charge in [-0.05, 0) is 66.9 Å². The second-order valence-corrected chi connectivity index (χ2v) is 8.30. The van der Waals surface area contributed by atoms with Gasteiger partial charge in [-0.2, -0.15) is 0 Å². The number of aromatic nitrogens is 1. The van der Waals surface area contributed by atoms with Crippen molar-refractivity contribution in [3.63, 3.8) is 0 Å². The Morgan fingerprint density at radius 2 is 1.73 bits per heavy atom. The van der Waals surface area contributed by atoms with Crippen LogP contribution < -0.4 is 5.32 Å². The Kier molecular flexibility index (Phi) is 6.43. The zero-order chi connectivity index (χ0) is 21.1. The van der Waals surface area contributed by atoms with Gasteiger partial charge in [0.1, 0.15) is 5.82 Å². The zero-order valence-electron chi connectivity index (χ0n) is 16.8. The number of halogens is 3. The topological polar surface area (TPSA) is 17.0 Å². The predicted octanol–water partition coefficient (Wildman–Crippen LogP) is 6.78. The third-order valence-electron chi connectivity index (χ3n) is 5.51. The summed E-state index contributed by atoms with van der Waals surface area (Å²) in [5.41, 5.74) is 5.86. The molecule has 0 radical (unpaired) electrons. The molecule has 4 aromatic rings. The van der Waals surface area contributed by atoms with Crippen molar-refractivity contribution in [1.29, 1.82) is 0 Å². The standard InChI is InChI=1S/C25H23Cl2FN2/c1-17-23(15-29-13-12-18-6-10-21(28)11-7-18)22-4-2-3-5-25(22)30(17)16-19-8-9-20(26)14-24(19)27/h2-11,14,29H,12-13,15-16H2,1H3. The van der Waals surface area contributed by atoms with Crippen LogP contribution in [-0.2, 0) is 19.5 Å². The van der Waals surface area contributed by atoms with Crippen molar-refractivity contribution in [3.05, 3.63) is 105 Å². The van der Waals surface area contributed by atoms with Crippen LogP contribution in [-0.4, -0.2) is 11.1 Å². The van der Waals surface area contributed by atoms with E-state index in [1.807, 2.05) is 24.3 Å². The molecule has 0 saturated carbocycles. The van der Waals surface area contributed by atoms with Gasteiger partial charge in [0.15, 0.2) is 0 Å². The number of nitrogens with zero attached hydrogens (tertiary/aromatic N) is 1. The Labute approximate surface area is 186 Å². The first-order chi connectivity index (χ1) is 14.5. The lowest BCUT2D eigenvalue weighted by atomic mass is 10.1. The number of fused-ring (bicyclic) bond motifs is 1. The van der Waals surface area contributed by atoms with Gasteiger partial charge in [-0.3, -0.25) is 0 Å². The Morgan fingerprint density at radius 1 is 0.967 bits per heavy atom. The summed E-state index contributed by atoms with van der Waals surface area (Å²) in [5.74, 6) is -0.198. The maximum atomic E-state index is 13.1. The summed E-state index contributed by atoms with van der Waals surface area (Å²) in [6.45, 7) is 4.45. The fourth-order valence-electron chi connectivity index (χ4n) is 3.85. The first-order valence-corrected chi connectivity index (χ1v) is 10.7. The van der Waals surface area contributed by atoms with E-state index in [2.05, 4.69) is 41.1 Å². The molecule has 0 unspecified atom stereocenters. The van der Waals surface area contributed by atoms with Crippen LogP contribution in [0.25, 0.3) is 10.9 Å². The number of para-hydroxylation sites is 1. The minimum atomic E-state index is -0.198. The van der Waals surface area contributed by atoms with E-state index in [4.69, 9.17) is 23.2 Å². The maximum Gasteiger partial charge on any atom is 0.123 e. The first kappa shape index (κ1) is 20.9. The molecule has 1 N–H and O–H groups in total. The van der Waals surface area contributed by atoms with Crippen LogP contribution in [0.3, 0.4) is 0 Å². The molecule has 1 heterocycles. The van der Waals surface area contributed by atoms with E-state index in [0.717, 1.165) is 30.6 Å². The van der Waals surface area contributed by atoms with Gasteiger partial charge >= 0.3 is 0 Å². The molecule has 154 valence electrons. The van der Waals surface area contributed by atoms with Crippen molar-refractivity contribution in [2.45, 2.75) is 26.4 Å². The van der Waals surface area contributed by atoms with Crippen LogP contribution >= 0.6 is 23.2 Å². The van der Waals surface area contributed by atoms with Crippen molar-refractivity contribution in [1.82, 2.24) is 9.88 Å². The largest absolute Gasteiger partial charge is 0.340 e. The predicted molar refractivity (Wildman–Crippen MR) is 124 cm³/mol. The molecule has 0 atom stereocenters. The monoisotopic (exact) mass is 440 g/mol. The van der Waals surface area contributed by atoms with E-state index in [0.29, 0.717) is 16.6 Å². The van der Waals surface area contributed by atoms with E-state index in [9.17, 15) is 4.39 Å². The summed E-state index contributed by atoms with van der Waals surface area (Å²) >= 11 is 12.5. The van der Waals surface area contributed by atoms with Gasteiger partial charge in [0.05, 0.1) is 0 Å². The molecule has 5 heteroatoms. The minimum Gasteiger partial charge on any atom is -0.340 e. The molecule has 4 rings (SSSR count). The van der Waals surface area contributed by atoms with Crippen LogP contribution in [0.5, 0.6) is 0 Å². The molecule has 0 aliphatic rings. The molecule has 0 bridgehead atoms. The number of benzene rings is 3. The second kappa shape index (κ2) is 9.22. The Balaban J connectivity index is 1.53. The van der Waals surface area contributed by atoms with Crippen LogP contribution in [0.2, 0.25) is 10.0 Å². The molecule has 0 aliphatic carbocycles. The molecular weight excluding hydrogens is 418 g/mol. The molecular formula is C25H23Cl2FN2. The van der Waals surface area contributed by atoms with E-state index in [1.54, 1.807) is 6.07 Å². The molecule has 1 aromatic heterocycles. The number of rotatable bonds is 7. The molecule has 2 nitrogen and oxygen atoms in total. The normalized spacial score (nSPS) is 11.3. The fourth-order valence-corrected chi connectivity index (χ4v) is 4.32. The zero-order valence-corrected chi connectivity index (χ0v) is 18.3. The highest BCUT2D eigenvalue weighted by atomic mass is 35.5. The number of nitrogens with one attached hydrogen (secondary N) is 1. The third kappa shape index (κ3) is 4.54. The summed E-state index contributed by atoms with van der Waals surface area (Å²) in [7, 11) is 0. The van der Waals surface area contributed by atoms with Crippen molar-refractivity contribution in [2.24, 2.45) is 0 Å². The lowest BCUT2D eigenvalue weighted by Crippen LogP contribution is -2.17. The van der Waals surface area contributed by atoms with Crippen LogP contribution in [0, 0.1) is 12.7 Å². The smallest absolute Gasteiger partial charge is 0.123 e. The fraction of sp³-hybridized carbons (Fsp3) is 0.200. The van der Waals surface area contributed by atoms with Crippen LogP contribution in [0.4, 0.5) is 4.39 Å². The molecule has 3 aromatic carbocycles. The van der Waals surface area contributed by atoms with Crippen molar-refractivity contribution in [3.8, 4) is 0 Å². The van der Waals surface area contributed by atoms with Crippen molar-refractivity contribution < 1.29 is 4.39 Å². The van der Waals surface area contributed by atoms with Gasteiger partial charge in [0.25, 0.3) is 0 Å². The van der Waals surface area contributed by atoms with E-state index < -0.39 is 0 Å². The summed E-state index contributed by atoms with van der Waals surface area (Å²) in [5, 5.41) is 6.11. The second-order valence-electron chi connectivity index (χ2n) is 7.46. The number of hydrogen-bond acceptors (Lipinski definition) is 1. The lowest BCUT2D eigenvalue weighted by molar-refractivity contribution is 0.626. The minimum absolute atomic E-state index is 0.198.